The molecule has 1 heterocycles. The van der Waals surface area contributed by atoms with Gasteiger partial charge in [0.1, 0.15) is 12.6 Å². The molecule has 1 aromatic carbocycles. The van der Waals surface area contributed by atoms with Crippen LogP contribution in [0.3, 0.4) is 0 Å². The number of aliphatic carboxylic acids is 1. The molecule has 0 saturated carbocycles. The van der Waals surface area contributed by atoms with Crippen LogP contribution in [0.25, 0.3) is 0 Å². The third kappa shape index (κ3) is 6.42. The van der Waals surface area contributed by atoms with Crippen LogP contribution in [0.1, 0.15) is 30.4 Å². The smallest absolute Gasteiger partial charge is 0.408 e. The number of carboxylic acids is 1. The highest BCUT2D eigenvalue weighted by atomic mass is 16.5. The van der Waals surface area contributed by atoms with E-state index in [1.807, 2.05) is 18.2 Å². The highest BCUT2D eigenvalue weighted by Gasteiger charge is 2.20. The number of hydrogen-bond donors (Lipinski definition) is 3. The number of carbonyl (C=O) groups is 2. The number of carboxylic acid groups (broad SMARTS) is 1. The molecule has 28 heavy (non-hydrogen) atoms. The van der Waals surface area contributed by atoms with Crippen molar-refractivity contribution in [2.75, 3.05) is 0 Å². The van der Waals surface area contributed by atoms with Crippen molar-refractivity contribution in [1.82, 2.24) is 14.9 Å². The second-order valence-electron chi connectivity index (χ2n) is 6.36. The molecule has 1 amide bonds. The summed E-state index contributed by atoms with van der Waals surface area (Å²) in [5, 5.41) is 11.6. The van der Waals surface area contributed by atoms with Gasteiger partial charge in [-0.1, -0.05) is 30.3 Å². The van der Waals surface area contributed by atoms with Gasteiger partial charge in [0.25, 0.3) is 5.56 Å². The molecule has 1 unspecified atom stereocenters. The van der Waals surface area contributed by atoms with Crippen molar-refractivity contribution < 1.29 is 19.4 Å². The Hall–Kier alpha value is -3.36. The topological polar surface area (TPSA) is 130 Å². The zero-order valence-electron chi connectivity index (χ0n) is 15.5. The van der Waals surface area contributed by atoms with Crippen molar-refractivity contribution in [1.29, 1.82) is 0 Å². The Bertz CT molecular complexity index is 919. The molecule has 9 heteroatoms. The number of amides is 1. The minimum Gasteiger partial charge on any atom is -0.480 e. The second-order valence-corrected chi connectivity index (χ2v) is 6.36. The Morgan fingerprint density at radius 1 is 1.21 bits per heavy atom. The molecule has 1 atom stereocenters. The zero-order valence-corrected chi connectivity index (χ0v) is 15.5. The third-order valence-corrected chi connectivity index (χ3v) is 4.13. The number of carbonyl (C=O) groups excluding carboxylic acids is 1. The summed E-state index contributed by atoms with van der Waals surface area (Å²) in [6.07, 6.45) is 1.82. The fraction of sp³-hybridized carbons (Fsp3) is 0.368. The Labute approximate surface area is 161 Å². The number of unbranched alkanes of at least 4 members (excludes halogenated alkanes) is 1. The molecule has 0 aliphatic carbocycles. The Balaban J connectivity index is 1.78. The molecule has 0 aliphatic heterocycles. The summed E-state index contributed by atoms with van der Waals surface area (Å²) in [7, 11) is 0. The molecule has 2 aromatic rings. The summed E-state index contributed by atoms with van der Waals surface area (Å²) in [5.41, 5.74) is 0.287. The summed E-state index contributed by atoms with van der Waals surface area (Å²) in [4.78, 5) is 48.4. The maximum absolute atomic E-state index is 11.8. The first-order chi connectivity index (χ1) is 13.4. The van der Waals surface area contributed by atoms with Gasteiger partial charge in [-0.2, -0.15) is 0 Å². The average molecular weight is 389 g/mol. The van der Waals surface area contributed by atoms with E-state index in [1.54, 1.807) is 19.1 Å². The monoisotopic (exact) mass is 389 g/mol. The lowest BCUT2D eigenvalue weighted by Gasteiger charge is -2.15. The van der Waals surface area contributed by atoms with E-state index in [0.717, 1.165) is 5.56 Å². The number of H-pyrrole nitrogens is 1. The number of aromatic amines is 1. The van der Waals surface area contributed by atoms with E-state index >= 15 is 0 Å². The quantitative estimate of drug-likeness (QED) is 0.556. The van der Waals surface area contributed by atoms with Gasteiger partial charge in [-0.05, 0) is 31.7 Å². The fourth-order valence-electron chi connectivity index (χ4n) is 2.58. The second kappa shape index (κ2) is 10.1. The van der Waals surface area contributed by atoms with Gasteiger partial charge >= 0.3 is 17.8 Å². The molecule has 9 nitrogen and oxygen atoms in total. The number of hydrogen-bond acceptors (Lipinski definition) is 5. The minimum atomic E-state index is -1.16. The number of nitrogens with one attached hydrogen (secondary N) is 2. The van der Waals surface area contributed by atoms with Crippen LogP contribution in [-0.2, 0) is 22.7 Å². The first kappa shape index (κ1) is 20.9. The Morgan fingerprint density at radius 2 is 1.93 bits per heavy atom. The molecule has 0 aliphatic rings. The van der Waals surface area contributed by atoms with Crippen LogP contribution >= 0.6 is 0 Å². The zero-order chi connectivity index (χ0) is 20.5. The summed E-state index contributed by atoms with van der Waals surface area (Å²) in [6, 6.07) is 7.96. The molecule has 0 saturated heterocycles. The number of nitrogens with zero attached hydrogens (tertiary/aromatic N) is 1. The van der Waals surface area contributed by atoms with Crippen LogP contribution < -0.4 is 16.6 Å². The number of aromatic nitrogens is 2. The molecule has 3 N–H and O–H groups in total. The summed E-state index contributed by atoms with van der Waals surface area (Å²) >= 11 is 0. The van der Waals surface area contributed by atoms with Crippen LogP contribution in [0, 0.1) is 6.92 Å². The van der Waals surface area contributed by atoms with Crippen molar-refractivity contribution in [2.24, 2.45) is 0 Å². The Morgan fingerprint density at radius 3 is 2.61 bits per heavy atom. The highest BCUT2D eigenvalue weighted by Crippen LogP contribution is 2.05. The van der Waals surface area contributed by atoms with Crippen LogP contribution in [0.2, 0.25) is 0 Å². The average Bonchev–Trinajstić information content (AvgIpc) is 2.67. The Kier molecular flexibility index (Phi) is 7.55. The SMILES string of the molecule is Cc1cn(CCCCC(NC(=O)OCc2ccccc2)C(=O)O)c(=O)[nH]c1=O. The standard InChI is InChI=1S/C19H23N3O6/c1-13-11-22(18(26)21-16(13)23)10-6-5-9-15(17(24)25)20-19(27)28-12-14-7-3-2-4-8-14/h2-4,7-8,11,15H,5-6,9-10,12H2,1H3,(H,20,27)(H,24,25)(H,21,23,26). The first-order valence-corrected chi connectivity index (χ1v) is 8.87. The van der Waals surface area contributed by atoms with Crippen LogP contribution in [0.5, 0.6) is 0 Å². The molecule has 0 bridgehead atoms. The van der Waals surface area contributed by atoms with E-state index in [2.05, 4.69) is 10.3 Å². The van der Waals surface area contributed by atoms with E-state index in [1.165, 1.54) is 10.8 Å². The largest absolute Gasteiger partial charge is 0.480 e. The van der Waals surface area contributed by atoms with Crippen LogP contribution in [-0.4, -0.2) is 32.8 Å². The van der Waals surface area contributed by atoms with Gasteiger partial charge in [0, 0.05) is 18.3 Å². The van der Waals surface area contributed by atoms with Gasteiger partial charge in [0.05, 0.1) is 0 Å². The van der Waals surface area contributed by atoms with E-state index in [4.69, 9.17) is 4.74 Å². The van der Waals surface area contributed by atoms with Crippen LogP contribution in [0.4, 0.5) is 4.79 Å². The van der Waals surface area contributed by atoms with E-state index in [0.29, 0.717) is 24.9 Å². The summed E-state index contributed by atoms with van der Waals surface area (Å²) in [6.45, 7) is 1.98. The lowest BCUT2D eigenvalue weighted by Crippen LogP contribution is -2.41. The minimum absolute atomic E-state index is 0.0491. The molecule has 0 spiro atoms. The fourth-order valence-corrected chi connectivity index (χ4v) is 2.58. The van der Waals surface area contributed by atoms with E-state index < -0.39 is 29.4 Å². The van der Waals surface area contributed by atoms with Crippen molar-refractivity contribution in [3.05, 3.63) is 68.5 Å². The molecule has 1 aromatic heterocycles. The lowest BCUT2D eigenvalue weighted by atomic mass is 10.1. The van der Waals surface area contributed by atoms with Crippen molar-refractivity contribution in [3.8, 4) is 0 Å². The van der Waals surface area contributed by atoms with Gasteiger partial charge in [0.15, 0.2) is 0 Å². The molecular formula is C19H23N3O6. The van der Waals surface area contributed by atoms with Crippen molar-refractivity contribution in [2.45, 2.75) is 45.4 Å². The third-order valence-electron chi connectivity index (χ3n) is 4.13. The summed E-state index contributed by atoms with van der Waals surface area (Å²) in [5.74, 6) is -1.16. The number of benzene rings is 1. The van der Waals surface area contributed by atoms with Gasteiger partial charge in [-0.3, -0.25) is 9.78 Å². The molecule has 150 valence electrons. The lowest BCUT2D eigenvalue weighted by molar-refractivity contribution is -0.139. The van der Waals surface area contributed by atoms with Crippen molar-refractivity contribution >= 4 is 12.1 Å². The number of ether oxygens (including phenoxy) is 1. The van der Waals surface area contributed by atoms with E-state index in [-0.39, 0.29) is 13.0 Å². The van der Waals surface area contributed by atoms with Gasteiger partial charge in [-0.15, -0.1) is 0 Å². The number of rotatable bonds is 9. The van der Waals surface area contributed by atoms with Gasteiger partial charge in [-0.25, -0.2) is 14.4 Å². The number of aryl methyl sites for hydroxylation is 2. The van der Waals surface area contributed by atoms with E-state index in [9.17, 15) is 24.3 Å². The molecule has 0 radical (unpaired) electrons. The maximum Gasteiger partial charge on any atom is 0.408 e. The van der Waals surface area contributed by atoms with Gasteiger partial charge < -0.3 is 19.7 Å². The maximum atomic E-state index is 11.8. The molecule has 0 fully saturated rings. The van der Waals surface area contributed by atoms with Crippen molar-refractivity contribution in [3.63, 3.8) is 0 Å². The predicted molar refractivity (Wildman–Crippen MR) is 101 cm³/mol. The number of alkyl carbamates (subject to hydrolysis) is 1. The van der Waals surface area contributed by atoms with Crippen LogP contribution in [0.15, 0.2) is 46.1 Å². The highest BCUT2D eigenvalue weighted by molar-refractivity contribution is 5.79. The molecular weight excluding hydrogens is 366 g/mol. The predicted octanol–water partition coefficient (Wildman–Crippen LogP) is 1.39. The summed E-state index contributed by atoms with van der Waals surface area (Å²) < 4.78 is 6.40. The normalized spacial score (nSPS) is 11.6. The van der Waals surface area contributed by atoms with Gasteiger partial charge in [0.2, 0.25) is 0 Å². The first-order valence-electron chi connectivity index (χ1n) is 8.87. The molecule has 2 rings (SSSR count).